The number of nitrogens with zero attached hydrogens (tertiary/aromatic N) is 4. The number of rotatable bonds is 4. The molecule has 1 aromatic carbocycles. The van der Waals surface area contributed by atoms with Crippen molar-refractivity contribution in [3.63, 3.8) is 0 Å². The second kappa shape index (κ2) is 7.85. The molecule has 1 fully saturated rings. The van der Waals surface area contributed by atoms with Crippen LogP contribution in [-0.2, 0) is 4.74 Å². The van der Waals surface area contributed by atoms with E-state index in [4.69, 9.17) is 4.74 Å². The standard InChI is InChI=1S/C23H21N5O/c1-2-4-17(5-3-1)21-16-26-23(27-21)20-14-18(8-9-24-20)19-6-7-22(25-15-19)28-10-12-29-13-11-28/h1-9,14-16H,10-13H2,(H,26,27). The number of ether oxygens (including phenoxy) is 1. The third-order valence-corrected chi connectivity index (χ3v) is 5.08. The summed E-state index contributed by atoms with van der Waals surface area (Å²) < 4.78 is 5.41. The molecule has 6 nitrogen and oxygen atoms in total. The Bertz CT molecular complexity index is 1090. The highest BCUT2D eigenvalue weighted by atomic mass is 16.5. The molecule has 1 N–H and O–H groups in total. The molecule has 4 aromatic rings. The lowest BCUT2D eigenvalue weighted by atomic mass is 10.1. The number of H-pyrrole nitrogens is 1. The van der Waals surface area contributed by atoms with Gasteiger partial charge >= 0.3 is 0 Å². The number of aromatic amines is 1. The first-order valence-electron chi connectivity index (χ1n) is 9.73. The van der Waals surface area contributed by atoms with Crippen LogP contribution in [0.4, 0.5) is 5.82 Å². The lowest BCUT2D eigenvalue weighted by Crippen LogP contribution is -2.36. The van der Waals surface area contributed by atoms with Crippen LogP contribution in [0.3, 0.4) is 0 Å². The normalized spacial score (nSPS) is 14.1. The fourth-order valence-corrected chi connectivity index (χ4v) is 3.49. The summed E-state index contributed by atoms with van der Waals surface area (Å²) in [6, 6.07) is 18.4. The zero-order valence-corrected chi connectivity index (χ0v) is 16.0. The Balaban J connectivity index is 1.39. The van der Waals surface area contributed by atoms with Crippen molar-refractivity contribution in [2.45, 2.75) is 0 Å². The molecule has 6 heteroatoms. The van der Waals surface area contributed by atoms with Gasteiger partial charge in [0, 0.05) is 31.0 Å². The van der Waals surface area contributed by atoms with Crippen molar-refractivity contribution in [1.29, 1.82) is 0 Å². The number of benzene rings is 1. The predicted molar refractivity (Wildman–Crippen MR) is 114 cm³/mol. The van der Waals surface area contributed by atoms with E-state index in [0.717, 1.165) is 66.0 Å². The number of nitrogens with one attached hydrogen (secondary N) is 1. The van der Waals surface area contributed by atoms with E-state index in [9.17, 15) is 0 Å². The second-order valence-corrected chi connectivity index (χ2v) is 6.95. The van der Waals surface area contributed by atoms with E-state index in [-0.39, 0.29) is 0 Å². The van der Waals surface area contributed by atoms with Gasteiger partial charge < -0.3 is 14.6 Å². The molecule has 29 heavy (non-hydrogen) atoms. The smallest absolute Gasteiger partial charge is 0.156 e. The highest BCUT2D eigenvalue weighted by molar-refractivity contribution is 5.69. The predicted octanol–water partition coefficient (Wildman–Crippen LogP) is 4.04. The average Bonchev–Trinajstić information content (AvgIpc) is 3.31. The van der Waals surface area contributed by atoms with Crippen LogP contribution in [-0.4, -0.2) is 46.2 Å². The number of imidazole rings is 1. The zero-order chi connectivity index (χ0) is 19.5. The van der Waals surface area contributed by atoms with Crippen molar-refractivity contribution in [1.82, 2.24) is 19.9 Å². The minimum Gasteiger partial charge on any atom is -0.378 e. The van der Waals surface area contributed by atoms with Crippen molar-refractivity contribution in [2.24, 2.45) is 0 Å². The monoisotopic (exact) mass is 383 g/mol. The number of hydrogen-bond donors (Lipinski definition) is 1. The van der Waals surface area contributed by atoms with Crippen molar-refractivity contribution < 1.29 is 4.74 Å². The lowest BCUT2D eigenvalue weighted by molar-refractivity contribution is 0.122. The first-order chi connectivity index (χ1) is 14.4. The third kappa shape index (κ3) is 3.75. The van der Waals surface area contributed by atoms with Gasteiger partial charge in [-0.05, 0) is 35.4 Å². The van der Waals surface area contributed by atoms with Crippen LogP contribution in [0.1, 0.15) is 0 Å². The summed E-state index contributed by atoms with van der Waals surface area (Å²) in [6.45, 7) is 3.28. The maximum Gasteiger partial charge on any atom is 0.156 e. The Labute approximate surface area is 169 Å². The molecule has 3 aromatic heterocycles. The molecular weight excluding hydrogens is 362 g/mol. The second-order valence-electron chi connectivity index (χ2n) is 6.95. The van der Waals surface area contributed by atoms with Gasteiger partial charge in [0.25, 0.3) is 0 Å². The van der Waals surface area contributed by atoms with Crippen LogP contribution in [0.25, 0.3) is 33.9 Å². The van der Waals surface area contributed by atoms with Crippen molar-refractivity contribution in [3.05, 3.63) is 73.2 Å². The molecule has 1 aliphatic rings. The highest BCUT2D eigenvalue weighted by Crippen LogP contribution is 2.26. The number of pyridine rings is 2. The van der Waals surface area contributed by atoms with E-state index >= 15 is 0 Å². The highest BCUT2D eigenvalue weighted by Gasteiger charge is 2.13. The minimum absolute atomic E-state index is 0.753. The summed E-state index contributed by atoms with van der Waals surface area (Å²) in [4.78, 5) is 19.3. The lowest BCUT2D eigenvalue weighted by Gasteiger charge is -2.27. The molecule has 0 radical (unpaired) electrons. The fraction of sp³-hybridized carbons (Fsp3) is 0.174. The van der Waals surface area contributed by atoms with Gasteiger partial charge in [0.2, 0.25) is 0 Å². The van der Waals surface area contributed by atoms with E-state index in [1.807, 2.05) is 48.9 Å². The summed E-state index contributed by atoms with van der Waals surface area (Å²) in [5.74, 6) is 1.74. The van der Waals surface area contributed by atoms with Crippen LogP contribution in [0, 0.1) is 0 Å². The van der Waals surface area contributed by atoms with Crippen LogP contribution < -0.4 is 4.90 Å². The summed E-state index contributed by atoms with van der Waals surface area (Å²) in [6.07, 6.45) is 5.57. The summed E-state index contributed by atoms with van der Waals surface area (Å²) in [7, 11) is 0. The van der Waals surface area contributed by atoms with Crippen LogP contribution >= 0.6 is 0 Å². The largest absolute Gasteiger partial charge is 0.378 e. The summed E-state index contributed by atoms with van der Waals surface area (Å²) in [5, 5.41) is 0. The topological polar surface area (TPSA) is 66.9 Å². The van der Waals surface area contributed by atoms with Gasteiger partial charge in [-0.25, -0.2) is 9.97 Å². The van der Waals surface area contributed by atoms with Crippen molar-refractivity contribution in [3.8, 4) is 33.9 Å². The maximum atomic E-state index is 5.41. The number of aromatic nitrogens is 4. The van der Waals surface area contributed by atoms with E-state index in [1.54, 1.807) is 0 Å². The number of hydrogen-bond acceptors (Lipinski definition) is 5. The van der Waals surface area contributed by atoms with Gasteiger partial charge in [0.1, 0.15) is 11.5 Å². The molecule has 0 aliphatic carbocycles. The van der Waals surface area contributed by atoms with Gasteiger partial charge in [0.15, 0.2) is 5.82 Å². The van der Waals surface area contributed by atoms with Crippen LogP contribution in [0.5, 0.6) is 0 Å². The molecule has 0 atom stereocenters. The molecule has 0 amide bonds. The Morgan fingerprint density at radius 2 is 1.66 bits per heavy atom. The molecule has 0 spiro atoms. The van der Waals surface area contributed by atoms with Gasteiger partial charge in [0.05, 0.1) is 25.1 Å². The van der Waals surface area contributed by atoms with Gasteiger partial charge in [-0.15, -0.1) is 0 Å². The van der Waals surface area contributed by atoms with Crippen LogP contribution in [0.2, 0.25) is 0 Å². The first-order valence-corrected chi connectivity index (χ1v) is 9.73. The molecule has 0 saturated carbocycles. The van der Waals surface area contributed by atoms with Crippen molar-refractivity contribution >= 4 is 5.82 Å². The molecule has 0 bridgehead atoms. The van der Waals surface area contributed by atoms with E-state index < -0.39 is 0 Å². The SMILES string of the molecule is c1ccc(-c2cnc(-c3cc(-c4ccc(N5CCOCC5)nc4)ccn3)[nH]2)cc1. The van der Waals surface area contributed by atoms with E-state index in [2.05, 4.69) is 49.1 Å². The maximum absolute atomic E-state index is 5.41. The Morgan fingerprint density at radius 3 is 2.45 bits per heavy atom. The zero-order valence-electron chi connectivity index (χ0n) is 16.0. The fourth-order valence-electron chi connectivity index (χ4n) is 3.49. The van der Waals surface area contributed by atoms with Gasteiger partial charge in [-0.3, -0.25) is 4.98 Å². The molecule has 4 heterocycles. The average molecular weight is 383 g/mol. The Kier molecular flexibility index (Phi) is 4.76. The quantitative estimate of drug-likeness (QED) is 0.576. The van der Waals surface area contributed by atoms with Crippen molar-refractivity contribution in [2.75, 3.05) is 31.2 Å². The minimum atomic E-state index is 0.753. The van der Waals surface area contributed by atoms with Gasteiger partial charge in [-0.1, -0.05) is 30.3 Å². The molecule has 1 aliphatic heterocycles. The number of morpholine rings is 1. The third-order valence-electron chi connectivity index (χ3n) is 5.08. The summed E-state index contributed by atoms with van der Waals surface area (Å²) in [5.41, 5.74) is 5.01. The Morgan fingerprint density at radius 1 is 0.793 bits per heavy atom. The molecule has 0 unspecified atom stereocenters. The molecule has 1 saturated heterocycles. The van der Waals surface area contributed by atoms with E-state index in [0.29, 0.717) is 0 Å². The van der Waals surface area contributed by atoms with Gasteiger partial charge in [-0.2, -0.15) is 0 Å². The summed E-state index contributed by atoms with van der Waals surface area (Å²) >= 11 is 0. The molecule has 5 rings (SSSR count). The molecule has 144 valence electrons. The van der Waals surface area contributed by atoms with Crippen LogP contribution in [0.15, 0.2) is 73.2 Å². The first kappa shape index (κ1) is 17.6. The van der Waals surface area contributed by atoms with E-state index in [1.165, 1.54) is 0 Å². The number of anilines is 1. The molecular formula is C23H21N5O. The Hall–Kier alpha value is -3.51.